The monoisotopic (exact) mass is 396 g/mol. The standard InChI is InChI=1S/C23H25ClN2O2/c1-26-18-11-12-20(26)22(19(13-18)15-7-9-17(24)10-8-15)23(28)25-14-21(27)16-5-3-2-4-6-16/h2-10,18-20,22H,11-14H2,1H3,(H,25,28)/t18-,19+,20+,22-/m0/s1. The zero-order valence-electron chi connectivity index (χ0n) is 16.0. The largest absolute Gasteiger partial charge is 0.348 e. The molecule has 1 amide bonds. The minimum atomic E-state index is -0.159. The minimum absolute atomic E-state index is 0.0265. The number of Topliss-reactive ketones (excluding diaryl/α,β-unsaturated/α-hetero) is 1. The molecule has 4 rings (SSSR count). The van der Waals surface area contributed by atoms with Crippen LogP contribution >= 0.6 is 11.6 Å². The van der Waals surface area contributed by atoms with Crippen molar-refractivity contribution < 1.29 is 9.59 Å². The molecule has 2 saturated heterocycles. The number of hydrogen-bond acceptors (Lipinski definition) is 3. The summed E-state index contributed by atoms with van der Waals surface area (Å²) in [5.74, 6) is -0.0989. The van der Waals surface area contributed by atoms with Crippen molar-refractivity contribution in [3.8, 4) is 0 Å². The summed E-state index contributed by atoms with van der Waals surface area (Å²) >= 11 is 6.06. The van der Waals surface area contributed by atoms with Crippen LogP contribution in [-0.2, 0) is 4.79 Å². The lowest BCUT2D eigenvalue weighted by Gasteiger charge is -2.42. The van der Waals surface area contributed by atoms with Crippen LogP contribution in [0.1, 0.15) is 41.1 Å². The highest BCUT2D eigenvalue weighted by Crippen LogP contribution is 2.46. The van der Waals surface area contributed by atoms with Gasteiger partial charge in [0.15, 0.2) is 5.78 Å². The molecular weight excluding hydrogens is 372 g/mol. The fourth-order valence-electron chi connectivity index (χ4n) is 4.89. The number of ketones is 1. The summed E-state index contributed by atoms with van der Waals surface area (Å²) < 4.78 is 0. The quantitative estimate of drug-likeness (QED) is 0.779. The summed E-state index contributed by atoms with van der Waals surface area (Å²) in [6, 6.07) is 17.7. The van der Waals surface area contributed by atoms with Crippen LogP contribution in [0.15, 0.2) is 54.6 Å². The minimum Gasteiger partial charge on any atom is -0.348 e. The number of amides is 1. The van der Waals surface area contributed by atoms with Crippen LogP contribution in [0.2, 0.25) is 5.02 Å². The van der Waals surface area contributed by atoms with Crippen LogP contribution in [0.3, 0.4) is 0 Å². The number of carbonyl (C=O) groups is 2. The lowest BCUT2D eigenvalue weighted by atomic mass is 9.75. The first-order valence-corrected chi connectivity index (χ1v) is 10.3. The van der Waals surface area contributed by atoms with Gasteiger partial charge in [-0.1, -0.05) is 54.1 Å². The van der Waals surface area contributed by atoms with Crippen LogP contribution in [0, 0.1) is 5.92 Å². The van der Waals surface area contributed by atoms with Crippen molar-refractivity contribution in [2.24, 2.45) is 5.92 Å². The van der Waals surface area contributed by atoms with Gasteiger partial charge in [-0.05, 0) is 49.9 Å². The van der Waals surface area contributed by atoms with Gasteiger partial charge in [0, 0.05) is 22.7 Å². The van der Waals surface area contributed by atoms with E-state index < -0.39 is 0 Å². The van der Waals surface area contributed by atoms with Gasteiger partial charge >= 0.3 is 0 Å². The second-order valence-corrected chi connectivity index (χ2v) is 8.33. The number of rotatable bonds is 5. The Labute approximate surface area is 170 Å². The van der Waals surface area contributed by atoms with E-state index in [2.05, 4.69) is 17.3 Å². The molecule has 2 aromatic carbocycles. The van der Waals surface area contributed by atoms with Crippen molar-refractivity contribution in [2.45, 2.75) is 37.3 Å². The van der Waals surface area contributed by atoms with E-state index in [-0.39, 0.29) is 36.1 Å². The van der Waals surface area contributed by atoms with Crippen LogP contribution in [0.25, 0.3) is 0 Å². The van der Waals surface area contributed by atoms with E-state index in [1.165, 1.54) is 0 Å². The fraction of sp³-hybridized carbons (Fsp3) is 0.391. The van der Waals surface area contributed by atoms with Gasteiger partial charge in [0.2, 0.25) is 5.91 Å². The highest BCUT2D eigenvalue weighted by molar-refractivity contribution is 6.30. The molecule has 2 heterocycles. The number of nitrogens with one attached hydrogen (secondary N) is 1. The Morgan fingerprint density at radius 3 is 2.50 bits per heavy atom. The molecule has 1 N–H and O–H groups in total. The van der Waals surface area contributed by atoms with Crippen molar-refractivity contribution >= 4 is 23.3 Å². The molecule has 0 radical (unpaired) electrons. The summed E-state index contributed by atoms with van der Waals surface area (Å²) in [6.45, 7) is 0.0343. The number of benzene rings is 2. The average molecular weight is 397 g/mol. The van der Waals surface area contributed by atoms with E-state index >= 15 is 0 Å². The zero-order chi connectivity index (χ0) is 19.7. The molecule has 2 aliphatic heterocycles. The molecule has 2 aliphatic rings. The van der Waals surface area contributed by atoms with E-state index in [0.29, 0.717) is 16.6 Å². The third-order valence-corrected chi connectivity index (χ3v) is 6.64. The fourth-order valence-corrected chi connectivity index (χ4v) is 5.01. The summed E-state index contributed by atoms with van der Waals surface area (Å²) in [4.78, 5) is 28.0. The van der Waals surface area contributed by atoms with E-state index in [4.69, 9.17) is 11.6 Å². The molecule has 2 aromatic rings. The molecule has 4 nitrogen and oxygen atoms in total. The SMILES string of the molecule is CN1[C@H]2CC[C@@H]1[C@@H](C(=O)NCC(=O)c1ccccc1)[C@@H](c1ccc(Cl)cc1)C2. The number of halogens is 1. The zero-order valence-corrected chi connectivity index (χ0v) is 16.7. The molecule has 4 atom stereocenters. The Morgan fingerprint density at radius 2 is 1.79 bits per heavy atom. The first-order chi connectivity index (χ1) is 13.5. The summed E-state index contributed by atoms with van der Waals surface area (Å²) in [5.41, 5.74) is 1.78. The van der Waals surface area contributed by atoms with E-state index in [9.17, 15) is 9.59 Å². The highest BCUT2D eigenvalue weighted by Gasteiger charge is 2.48. The first kappa shape index (κ1) is 19.2. The molecule has 28 heavy (non-hydrogen) atoms. The van der Waals surface area contributed by atoms with Gasteiger partial charge in [0.1, 0.15) is 0 Å². The van der Waals surface area contributed by atoms with Gasteiger partial charge in [0.25, 0.3) is 0 Å². The molecule has 0 aromatic heterocycles. The summed E-state index contributed by atoms with van der Waals surface area (Å²) in [5, 5.41) is 3.63. The van der Waals surface area contributed by atoms with Crippen LogP contribution in [-0.4, -0.2) is 42.3 Å². The van der Waals surface area contributed by atoms with Crippen molar-refractivity contribution in [2.75, 3.05) is 13.6 Å². The third-order valence-electron chi connectivity index (χ3n) is 6.39. The number of fused-ring (bicyclic) bond motifs is 2. The molecular formula is C23H25ClN2O2. The molecule has 0 spiro atoms. The molecule has 0 unspecified atom stereocenters. The molecule has 5 heteroatoms. The predicted octanol–water partition coefficient (Wildman–Crippen LogP) is 3.91. The number of hydrogen-bond donors (Lipinski definition) is 1. The summed E-state index contributed by atoms with van der Waals surface area (Å²) in [6.07, 6.45) is 3.10. The molecule has 2 fully saturated rings. The van der Waals surface area contributed by atoms with Crippen molar-refractivity contribution in [1.82, 2.24) is 10.2 Å². The van der Waals surface area contributed by atoms with Gasteiger partial charge in [-0.2, -0.15) is 0 Å². The maximum absolute atomic E-state index is 13.2. The van der Waals surface area contributed by atoms with Gasteiger partial charge in [-0.3, -0.25) is 14.5 Å². The maximum atomic E-state index is 13.2. The first-order valence-electron chi connectivity index (χ1n) is 9.88. The molecule has 0 saturated carbocycles. The normalized spacial score (nSPS) is 26.8. The predicted molar refractivity (Wildman–Crippen MR) is 111 cm³/mol. The smallest absolute Gasteiger partial charge is 0.225 e. The lowest BCUT2D eigenvalue weighted by molar-refractivity contribution is -0.129. The Bertz CT molecular complexity index is 853. The van der Waals surface area contributed by atoms with Crippen LogP contribution < -0.4 is 5.32 Å². The van der Waals surface area contributed by atoms with Gasteiger partial charge in [0.05, 0.1) is 12.5 Å². The van der Waals surface area contributed by atoms with E-state index in [1.807, 2.05) is 42.5 Å². The van der Waals surface area contributed by atoms with Crippen LogP contribution in [0.4, 0.5) is 0 Å². The Hall–Kier alpha value is -2.17. The second kappa shape index (κ2) is 8.06. The summed E-state index contributed by atoms with van der Waals surface area (Å²) in [7, 11) is 2.12. The van der Waals surface area contributed by atoms with Gasteiger partial charge in [-0.15, -0.1) is 0 Å². The maximum Gasteiger partial charge on any atom is 0.225 e. The van der Waals surface area contributed by atoms with Crippen molar-refractivity contribution in [3.05, 3.63) is 70.7 Å². The number of nitrogens with zero attached hydrogens (tertiary/aromatic N) is 1. The van der Waals surface area contributed by atoms with Crippen molar-refractivity contribution in [3.63, 3.8) is 0 Å². The molecule has 146 valence electrons. The average Bonchev–Trinajstić information content (AvgIpc) is 2.95. The second-order valence-electron chi connectivity index (χ2n) is 7.89. The lowest BCUT2D eigenvalue weighted by Crippen LogP contribution is -2.52. The topological polar surface area (TPSA) is 49.4 Å². The van der Waals surface area contributed by atoms with Crippen LogP contribution in [0.5, 0.6) is 0 Å². The molecule has 2 bridgehead atoms. The Morgan fingerprint density at radius 1 is 1.07 bits per heavy atom. The highest BCUT2D eigenvalue weighted by atomic mass is 35.5. The Balaban J connectivity index is 1.52. The number of carbonyl (C=O) groups excluding carboxylic acids is 2. The Kier molecular flexibility index (Phi) is 5.51. The van der Waals surface area contributed by atoms with Gasteiger partial charge in [-0.25, -0.2) is 0 Å². The van der Waals surface area contributed by atoms with Gasteiger partial charge < -0.3 is 5.32 Å². The van der Waals surface area contributed by atoms with E-state index in [0.717, 1.165) is 24.8 Å². The molecule has 0 aliphatic carbocycles. The van der Waals surface area contributed by atoms with E-state index in [1.54, 1.807) is 12.1 Å². The third kappa shape index (κ3) is 3.71. The number of piperidine rings is 1. The van der Waals surface area contributed by atoms with Crippen molar-refractivity contribution in [1.29, 1.82) is 0 Å².